The summed E-state index contributed by atoms with van der Waals surface area (Å²) in [6.07, 6.45) is 3.44. The molecule has 1 saturated heterocycles. The van der Waals surface area contributed by atoms with Gasteiger partial charge in [-0.15, -0.1) is 0 Å². The van der Waals surface area contributed by atoms with Crippen LogP contribution < -0.4 is 43.2 Å². The molecule has 1 fully saturated rings. The summed E-state index contributed by atoms with van der Waals surface area (Å²) in [5, 5.41) is 50.1. The summed E-state index contributed by atoms with van der Waals surface area (Å²) in [4.78, 5) is 98.8. The van der Waals surface area contributed by atoms with E-state index in [1.54, 1.807) is 45.0 Å². The van der Waals surface area contributed by atoms with Gasteiger partial charge in [0.15, 0.2) is 12.2 Å². The number of nitrogens with zero attached hydrogens (tertiary/aromatic N) is 5. The zero-order valence-corrected chi connectivity index (χ0v) is 43.7. The second kappa shape index (κ2) is 34.4. The minimum Gasteiger partial charge on any atom is -0.508 e. The summed E-state index contributed by atoms with van der Waals surface area (Å²) in [5.74, 6) is -4.46. The van der Waals surface area contributed by atoms with Crippen molar-refractivity contribution in [2.45, 2.75) is 75.7 Å². The van der Waals surface area contributed by atoms with Gasteiger partial charge in [0.25, 0.3) is 0 Å². The van der Waals surface area contributed by atoms with Crippen molar-refractivity contribution in [3.8, 4) is 11.5 Å². The van der Waals surface area contributed by atoms with Crippen LogP contribution in [0.1, 0.15) is 67.6 Å². The van der Waals surface area contributed by atoms with E-state index in [9.17, 15) is 54.0 Å². The minimum absolute atomic E-state index is 0.0756. The van der Waals surface area contributed by atoms with E-state index in [0.717, 1.165) is 11.8 Å². The van der Waals surface area contributed by atoms with Gasteiger partial charge in [0, 0.05) is 72.0 Å². The fraction of sp³-hybridized carbons (Fsp3) is 0.509. The van der Waals surface area contributed by atoms with E-state index < -0.39 is 53.9 Å². The number of amides is 3. The maximum absolute atomic E-state index is 14.2. The number of ether oxygens (including phenoxy) is 1. The summed E-state index contributed by atoms with van der Waals surface area (Å²) in [7, 11) is 0. The number of phenols is 1. The Balaban J connectivity index is 1.23. The number of phenolic OH excluding ortho intramolecular Hbond substituents is 1. The van der Waals surface area contributed by atoms with Crippen molar-refractivity contribution in [1.29, 1.82) is 0 Å². The van der Waals surface area contributed by atoms with Crippen molar-refractivity contribution < 1.29 is 58.7 Å². The number of benzene rings is 3. The van der Waals surface area contributed by atoms with E-state index in [1.807, 2.05) is 41.3 Å². The molecule has 1 heterocycles. The van der Waals surface area contributed by atoms with Gasteiger partial charge in [-0.1, -0.05) is 61.0 Å². The number of hydrogen-bond donors (Lipinski definition) is 11. The molecule has 0 spiro atoms. The molecule has 24 nitrogen and oxygen atoms in total. The van der Waals surface area contributed by atoms with Crippen molar-refractivity contribution in [1.82, 2.24) is 40.9 Å². The van der Waals surface area contributed by atoms with E-state index in [1.165, 1.54) is 12.1 Å². The van der Waals surface area contributed by atoms with Gasteiger partial charge in [0.1, 0.15) is 23.7 Å². The Bertz CT molecular complexity index is 2310. The Morgan fingerprint density at radius 2 is 1.23 bits per heavy atom. The van der Waals surface area contributed by atoms with Gasteiger partial charge in [-0.05, 0) is 86.0 Å². The summed E-state index contributed by atoms with van der Waals surface area (Å²) in [6, 6.07) is 21.2. The number of carbonyl (C=O) groups is 7. The summed E-state index contributed by atoms with van der Waals surface area (Å²) < 4.78 is 6.10. The summed E-state index contributed by atoms with van der Waals surface area (Å²) in [5.41, 5.74) is 19.4. The van der Waals surface area contributed by atoms with E-state index in [0.29, 0.717) is 75.1 Å². The van der Waals surface area contributed by atoms with Crippen LogP contribution in [0.2, 0.25) is 0 Å². The number of aldehydes is 1. The standard InChI is InChI=1S/C53H78N12O12/c54-43(14-4-5-20-57-45(37-66)65-29-27-63(35-47(70)71)25-23-62(34-46(68)69)24-26-64(28-30-65)36-48(72)73)50(74)58-21-6-7-31-77-42-13-8-12-40(32-42)49(39-10-2-1-3-11-39)52(76)61-44(15-9-22-59-53(55)56)51(75)60-33-38-16-18-41(67)19-17-38/h1-3,8,10-13,16-19,32,37,43-45,49,57,67H,4-7,9,14-15,20-31,33-36,54H2,(H,58,74)(H,60,75)(H,61,76)(H,68,69)(H,70,71)(H,72,73)(H4,55,56,59)/t43-,44-,45?,49?/m1/s1. The van der Waals surface area contributed by atoms with Gasteiger partial charge < -0.3 is 63.1 Å². The lowest BCUT2D eigenvalue weighted by atomic mass is 9.90. The second-order valence-corrected chi connectivity index (χ2v) is 18.8. The number of aliphatic imine (C=N–C) groups is 1. The number of unbranched alkanes of at least 4 members (excludes halogenated alkanes) is 2. The number of guanidine groups is 1. The van der Waals surface area contributed by atoms with Crippen LogP contribution in [0.4, 0.5) is 0 Å². The first-order valence-electron chi connectivity index (χ1n) is 26.0. The van der Waals surface area contributed by atoms with Gasteiger partial charge in [0.05, 0.1) is 38.2 Å². The third-order valence-corrected chi connectivity index (χ3v) is 12.8. The van der Waals surface area contributed by atoms with Crippen LogP contribution in [0.15, 0.2) is 83.9 Å². The molecule has 0 aromatic heterocycles. The average Bonchev–Trinajstić information content (AvgIpc) is 3.39. The van der Waals surface area contributed by atoms with E-state index >= 15 is 0 Å². The molecular weight excluding hydrogens is 997 g/mol. The molecule has 1 aliphatic rings. The topological polar surface area (TPSA) is 361 Å². The number of carboxylic acids is 3. The van der Waals surface area contributed by atoms with Crippen molar-refractivity contribution in [3.05, 3.63) is 95.6 Å². The number of rotatable bonds is 32. The predicted octanol–water partition coefficient (Wildman–Crippen LogP) is -0.258. The number of nitrogens with two attached hydrogens (primary N) is 3. The van der Waals surface area contributed by atoms with Crippen molar-refractivity contribution in [2.24, 2.45) is 22.2 Å². The Kier molecular flexibility index (Phi) is 27.9. The number of aromatic hydroxyl groups is 1. The van der Waals surface area contributed by atoms with Crippen LogP contribution in [0.25, 0.3) is 0 Å². The zero-order chi connectivity index (χ0) is 56.0. The lowest BCUT2D eigenvalue weighted by molar-refractivity contribution is -0.140. The number of hydrogen-bond acceptors (Lipinski definition) is 16. The molecule has 1 aliphatic heterocycles. The summed E-state index contributed by atoms with van der Waals surface area (Å²) >= 11 is 0. The van der Waals surface area contributed by atoms with Gasteiger partial charge in [-0.2, -0.15) is 0 Å². The molecule has 2 unspecified atom stereocenters. The molecule has 14 N–H and O–H groups in total. The van der Waals surface area contributed by atoms with E-state index in [-0.39, 0.29) is 109 Å². The van der Waals surface area contributed by atoms with E-state index in [2.05, 4.69) is 26.3 Å². The highest BCUT2D eigenvalue weighted by Gasteiger charge is 2.29. The lowest BCUT2D eigenvalue weighted by Gasteiger charge is -2.35. The summed E-state index contributed by atoms with van der Waals surface area (Å²) in [6.45, 7) is 2.86. The SMILES string of the molecule is NC(N)=NCCC[C@@H](NC(=O)C(c1ccccc1)c1cccc(OCCCCNC(=O)[C@H](N)CCCCNC(C=O)N2CCN(CC(=O)O)CCN(CC(=O)O)CCN(CC(=O)O)CC2)c1)C(=O)NCc1ccc(O)cc1. The van der Waals surface area contributed by atoms with Crippen LogP contribution in [0, 0.1) is 0 Å². The zero-order valence-electron chi connectivity index (χ0n) is 43.7. The van der Waals surface area contributed by atoms with Crippen LogP contribution in [0.5, 0.6) is 11.5 Å². The largest absolute Gasteiger partial charge is 0.508 e. The highest BCUT2D eigenvalue weighted by molar-refractivity contribution is 5.92. The highest BCUT2D eigenvalue weighted by atomic mass is 16.5. The number of aliphatic carboxylic acids is 3. The monoisotopic (exact) mass is 1070 g/mol. The quantitative estimate of drug-likeness (QED) is 0.0166. The second-order valence-electron chi connectivity index (χ2n) is 18.8. The molecule has 3 aromatic rings. The molecule has 0 saturated carbocycles. The molecule has 24 heteroatoms. The normalized spacial score (nSPS) is 15.8. The number of nitrogens with one attached hydrogen (secondary N) is 4. The Morgan fingerprint density at radius 1 is 0.649 bits per heavy atom. The van der Waals surface area contributed by atoms with Crippen LogP contribution in [-0.4, -0.2) is 204 Å². The van der Waals surface area contributed by atoms with Crippen molar-refractivity contribution in [2.75, 3.05) is 98.2 Å². The van der Waals surface area contributed by atoms with Gasteiger partial charge >= 0.3 is 17.9 Å². The van der Waals surface area contributed by atoms with Crippen molar-refractivity contribution in [3.63, 3.8) is 0 Å². The molecule has 0 bridgehead atoms. The Hall–Kier alpha value is -7.22. The van der Waals surface area contributed by atoms with Crippen LogP contribution in [0.3, 0.4) is 0 Å². The van der Waals surface area contributed by atoms with Crippen molar-refractivity contribution >= 4 is 47.9 Å². The molecule has 4 rings (SSSR count). The predicted molar refractivity (Wildman–Crippen MR) is 288 cm³/mol. The van der Waals surface area contributed by atoms with Crippen LogP contribution in [-0.2, 0) is 40.1 Å². The molecule has 3 aromatic carbocycles. The molecular formula is C53H78N12O12. The minimum atomic E-state index is -1.05. The molecule has 77 heavy (non-hydrogen) atoms. The fourth-order valence-corrected chi connectivity index (χ4v) is 8.65. The third kappa shape index (κ3) is 24.5. The lowest BCUT2D eigenvalue weighted by Crippen LogP contribution is -2.54. The highest BCUT2D eigenvalue weighted by Crippen LogP contribution is 2.28. The smallest absolute Gasteiger partial charge is 0.317 e. The van der Waals surface area contributed by atoms with Gasteiger partial charge in [-0.25, -0.2) is 0 Å². The third-order valence-electron chi connectivity index (χ3n) is 12.8. The molecule has 3 amide bonds. The maximum atomic E-state index is 14.2. The Labute approximate surface area is 449 Å². The van der Waals surface area contributed by atoms with Gasteiger partial charge in [-0.3, -0.25) is 58.7 Å². The first-order valence-corrected chi connectivity index (χ1v) is 26.0. The number of carboxylic acid groups (broad SMARTS) is 3. The first-order chi connectivity index (χ1) is 37.0. The van der Waals surface area contributed by atoms with Gasteiger partial charge in [0.2, 0.25) is 17.7 Å². The number of carbonyl (C=O) groups excluding carboxylic acids is 4. The molecule has 0 radical (unpaired) electrons. The first kappa shape index (κ1) is 62.3. The van der Waals surface area contributed by atoms with E-state index in [4.69, 9.17) is 21.9 Å². The molecule has 4 atom stereocenters. The average molecular weight is 1080 g/mol. The maximum Gasteiger partial charge on any atom is 0.317 e. The molecule has 0 aliphatic carbocycles. The van der Waals surface area contributed by atoms with Crippen LogP contribution >= 0.6 is 0 Å². The Morgan fingerprint density at radius 3 is 1.82 bits per heavy atom. The fourth-order valence-electron chi connectivity index (χ4n) is 8.65. The molecule has 422 valence electrons.